The predicted octanol–water partition coefficient (Wildman–Crippen LogP) is 6.03. The molecule has 6 aromatic rings. The summed E-state index contributed by atoms with van der Waals surface area (Å²) in [6, 6.07) is 23.0. The Morgan fingerprint density at radius 1 is 0.979 bits per heavy atom. The van der Waals surface area contributed by atoms with E-state index in [4.69, 9.17) is 9.47 Å². The lowest BCUT2D eigenvalue weighted by atomic mass is 10.1. The molecule has 1 aliphatic heterocycles. The van der Waals surface area contributed by atoms with Gasteiger partial charge in [0.15, 0.2) is 5.78 Å². The van der Waals surface area contributed by atoms with Crippen molar-refractivity contribution >= 4 is 28.5 Å². The molecule has 2 amide bonds. The van der Waals surface area contributed by atoms with E-state index in [1.54, 1.807) is 48.1 Å². The lowest BCUT2D eigenvalue weighted by molar-refractivity contribution is 0.0990. The van der Waals surface area contributed by atoms with Crippen LogP contribution >= 0.6 is 0 Å². The van der Waals surface area contributed by atoms with E-state index < -0.39 is 11.4 Å². The normalized spacial score (nSPS) is 12.5. The number of anilines is 1. The van der Waals surface area contributed by atoms with Crippen molar-refractivity contribution in [3.05, 3.63) is 136 Å². The number of nitrogens with one attached hydrogen (secondary N) is 1. The number of amides is 2. The molecule has 0 unspecified atom stereocenters. The summed E-state index contributed by atoms with van der Waals surface area (Å²) in [4.78, 5) is 45.5. The number of aryl methyl sites for hydroxylation is 1. The molecule has 0 aliphatic carbocycles. The van der Waals surface area contributed by atoms with Crippen LogP contribution in [0.1, 0.15) is 27.2 Å². The van der Waals surface area contributed by atoms with Gasteiger partial charge >= 0.3 is 6.03 Å². The van der Waals surface area contributed by atoms with Crippen LogP contribution in [0.4, 0.5) is 15.0 Å². The van der Waals surface area contributed by atoms with E-state index in [0.717, 1.165) is 27.8 Å². The Labute approximate surface area is 273 Å². The van der Waals surface area contributed by atoms with Gasteiger partial charge in [-0.2, -0.15) is 5.10 Å². The summed E-state index contributed by atoms with van der Waals surface area (Å²) in [5.41, 5.74) is 2.89. The minimum Gasteiger partial charge on any atom is -0.497 e. The summed E-state index contributed by atoms with van der Waals surface area (Å²) in [5.74, 6) is 1.43. The zero-order valence-corrected chi connectivity index (χ0v) is 26.0. The first-order chi connectivity index (χ1) is 23.3. The number of halogens is 1. The van der Waals surface area contributed by atoms with Gasteiger partial charge in [-0.05, 0) is 72.3 Å². The fraction of sp³-hybridized carbons (Fsp3) is 0.139. The average molecular weight is 645 g/mol. The molecule has 11 nitrogen and oxygen atoms in total. The number of hydrogen-bond donors (Lipinski definition) is 1. The summed E-state index contributed by atoms with van der Waals surface area (Å²) in [6.45, 7) is 0.675. The number of ketones is 1. The molecule has 3 aromatic carbocycles. The van der Waals surface area contributed by atoms with Crippen molar-refractivity contribution in [2.45, 2.75) is 19.5 Å². The summed E-state index contributed by atoms with van der Waals surface area (Å²) in [5, 5.41) is 8.18. The maximum absolute atomic E-state index is 13.4. The van der Waals surface area contributed by atoms with E-state index in [2.05, 4.69) is 15.4 Å². The summed E-state index contributed by atoms with van der Waals surface area (Å²) in [7, 11) is 3.37. The molecule has 0 radical (unpaired) electrons. The average Bonchev–Trinajstić information content (AvgIpc) is 3.39. The zero-order valence-electron chi connectivity index (χ0n) is 26.0. The van der Waals surface area contributed by atoms with Crippen LogP contribution in [-0.4, -0.2) is 43.2 Å². The molecule has 0 saturated carbocycles. The van der Waals surface area contributed by atoms with Gasteiger partial charge in [-0.25, -0.2) is 14.2 Å². The van der Waals surface area contributed by atoms with Crippen LogP contribution < -0.4 is 20.3 Å². The van der Waals surface area contributed by atoms with Crippen molar-refractivity contribution in [1.82, 2.24) is 24.2 Å². The van der Waals surface area contributed by atoms with Gasteiger partial charge in [-0.1, -0.05) is 12.1 Å². The molecule has 48 heavy (non-hydrogen) atoms. The maximum atomic E-state index is 13.4. The molecule has 0 fully saturated rings. The second kappa shape index (κ2) is 12.5. The number of nitrogens with zero attached hydrogens (tertiary/aromatic N) is 5. The largest absolute Gasteiger partial charge is 0.497 e. The first-order valence-electron chi connectivity index (χ1n) is 15.1. The molecule has 3 aromatic heterocycles. The van der Waals surface area contributed by atoms with Crippen molar-refractivity contribution < 1.29 is 23.5 Å². The van der Waals surface area contributed by atoms with Crippen molar-refractivity contribution in [2.75, 3.05) is 12.4 Å². The van der Waals surface area contributed by atoms with Crippen molar-refractivity contribution in [3.63, 3.8) is 0 Å². The lowest BCUT2D eigenvalue weighted by Crippen LogP contribution is -2.38. The Bertz CT molecular complexity index is 2250. The molecule has 7 rings (SSSR count). The van der Waals surface area contributed by atoms with E-state index in [0.29, 0.717) is 41.8 Å². The number of urea groups is 1. The van der Waals surface area contributed by atoms with Gasteiger partial charge in [0.2, 0.25) is 0 Å². The number of aromatic nitrogens is 4. The fourth-order valence-electron chi connectivity index (χ4n) is 5.74. The molecule has 1 aliphatic rings. The topological polar surface area (TPSA) is 121 Å². The van der Waals surface area contributed by atoms with Gasteiger partial charge in [0.25, 0.3) is 5.56 Å². The van der Waals surface area contributed by atoms with Gasteiger partial charge < -0.3 is 14.4 Å². The first kappa shape index (κ1) is 30.4. The fourth-order valence-corrected chi connectivity index (χ4v) is 5.74. The van der Waals surface area contributed by atoms with E-state index in [9.17, 15) is 18.8 Å². The minimum absolute atomic E-state index is 0.0103. The number of benzene rings is 3. The molecular formula is C36H29FN6O5. The van der Waals surface area contributed by atoms with Crippen LogP contribution in [0, 0.1) is 5.82 Å². The van der Waals surface area contributed by atoms with Gasteiger partial charge in [-0.3, -0.25) is 24.2 Å². The van der Waals surface area contributed by atoms with E-state index in [-0.39, 0.29) is 23.8 Å². The maximum Gasteiger partial charge on any atom is 0.323 e. The monoisotopic (exact) mass is 644 g/mol. The van der Waals surface area contributed by atoms with Crippen LogP contribution in [-0.2, 0) is 26.6 Å². The molecule has 12 heteroatoms. The van der Waals surface area contributed by atoms with Gasteiger partial charge in [0, 0.05) is 43.1 Å². The Morgan fingerprint density at radius 3 is 2.52 bits per heavy atom. The quantitative estimate of drug-likeness (QED) is 0.191. The summed E-state index contributed by atoms with van der Waals surface area (Å²) >= 11 is 0. The van der Waals surface area contributed by atoms with Crippen LogP contribution in [0.2, 0.25) is 0 Å². The van der Waals surface area contributed by atoms with Crippen molar-refractivity contribution in [2.24, 2.45) is 7.05 Å². The Balaban J connectivity index is 1.11. The van der Waals surface area contributed by atoms with Crippen LogP contribution in [0.5, 0.6) is 17.2 Å². The Morgan fingerprint density at radius 2 is 1.75 bits per heavy atom. The molecule has 1 N–H and O–H groups in total. The number of hydrogen-bond acceptors (Lipinski definition) is 7. The number of ether oxygens (including phenoxy) is 2. The Hall–Kier alpha value is -6.30. The molecule has 4 heterocycles. The van der Waals surface area contributed by atoms with Gasteiger partial charge in [-0.15, -0.1) is 0 Å². The second-order valence-electron chi connectivity index (χ2n) is 11.3. The first-order valence-corrected chi connectivity index (χ1v) is 15.1. The smallest absolute Gasteiger partial charge is 0.323 e. The van der Waals surface area contributed by atoms with E-state index in [1.807, 2.05) is 36.4 Å². The highest BCUT2D eigenvalue weighted by molar-refractivity contribution is 5.99. The highest BCUT2D eigenvalue weighted by Gasteiger charge is 2.27. The third-order valence-corrected chi connectivity index (χ3v) is 8.21. The number of methoxy groups -OCH3 is 1. The van der Waals surface area contributed by atoms with Crippen LogP contribution in [0.25, 0.3) is 16.6 Å². The summed E-state index contributed by atoms with van der Waals surface area (Å²) < 4.78 is 28.0. The molecule has 0 spiro atoms. The third-order valence-electron chi connectivity index (χ3n) is 8.21. The lowest BCUT2D eigenvalue weighted by Gasteiger charge is -2.29. The number of carbonyl (C=O) groups is 2. The van der Waals surface area contributed by atoms with E-state index >= 15 is 0 Å². The second-order valence-corrected chi connectivity index (χ2v) is 11.3. The number of fused-ring (bicyclic) bond motifs is 2. The highest BCUT2D eigenvalue weighted by Crippen LogP contribution is 2.35. The predicted molar refractivity (Wildman–Crippen MR) is 176 cm³/mol. The minimum atomic E-state index is -0.496. The van der Waals surface area contributed by atoms with Crippen LogP contribution in [0.15, 0.2) is 102 Å². The molecule has 0 bridgehead atoms. The van der Waals surface area contributed by atoms with Crippen LogP contribution in [0.3, 0.4) is 0 Å². The standard InChI is InChI=1S/C36H29FN6O5/c1-41-31-18-26(48-33-15-16-38-34-29(33)21-42(36(46)39-34)20-22-5-11-25(47-2)12-6-22)13-14-27(31)30(40-41)19-32(44)28-4-3-17-43(35(28)45)24-9-7-23(37)8-10-24/h3-18H,19-21H2,1-2H3,(H,38,39,46). The van der Waals surface area contributed by atoms with Gasteiger partial charge in [0.05, 0.1) is 42.4 Å². The molecule has 0 saturated heterocycles. The Kier molecular flexibility index (Phi) is 7.89. The third kappa shape index (κ3) is 5.86. The van der Waals surface area contributed by atoms with Crippen molar-refractivity contribution in [1.29, 1.82) is 0 Å². The molecule has 240 valence electrons. The summed E-state index contributed by atoms with van der Waals surface area (Å²) in [6.07, 6.45) is 3.02. The number of rotatable bonds is 9. The molecular weight excluding hydrogens is 615 g/mol. The zero-order chi connectivity index (χ0) is 33.4. The molecule has 0 atom stereocenters. The van der Waals surface area contributed by atoms with Crippen molar-refractivity contribution in [3.8, 4) is 22.9 Å². The highest BCUT2D eigenvalue weighted by atomic mass is 19.1. The SMILES string of the molecule is COc1ccc(CN2Cc3c(Oc4ccc5c(CC(=O)c6cccn(-c7ccc(F)cc7)c6=O)nn(C)c5c4)ccnc3NC2=O)cc1. The van der Waals surface area contributed by atoms with Gasteiger partial charge in [0.1, 0.15) is 28.9 Å². The number of Topliss-reactive ketones (excluding diaryl/α,β-unsaturated/α-hetero) is 1. The number of pyridine rings is 2. The number of carbonyl (C=O) groups excluding carboxylic acids is 2. The van der Waals surface area contributed by atoms with E-state index in [1.165, 1.54) is 41.1 Å².